The Balaban J connectivity index is 0.811. The molecule has 0 aliphatic carbocycles. The molecule has 23 heteroatoms. The standard InChI is InChI=1S/C58H66F5N11O5S2/c1-30(32-11-13-33(14-12-32)48-31(2)66-29-80-48)67-53(77)42-22-36(75)27-74(42)54(78)50(56(3,4)5)69-43(76)10-7-8-20-73-21-9-19-57(73,6)28-79-55-70-47-38(52(71-55)72-25-34-15-16-35(26-72)68-34)23-40(58(61,62)63)45(46(47)60)37-17-18-41(59)49-44(37)39(24-64)51(65)81-49/h11-14,17-18,23,29-30,34-36,42,50,68,75H,7-10,15-16,19-22,25-28,65H2,1-6H3,(H,67,77)(H,69,76)/t30-,34?,35?,36+,42-,50+,57-/m0/s1. The number of fused-ring (bicyclic) bond motifs is 4. The zero-order chi connectivity index (χ0) is 57.9. The van der Waals surface area contributed by atoms with Crippen LogP contribution < -0.4 is 31.3 Å². The van der Waals surface area contributed by atoms with Crippen molar-refractivity contribution in [2.45, 2.75) is 141 Å². The first kappa shape index (κ1) is 57.6. The van der Waals surface area contributed by atoms with Crippen molar-refractivity contribution in [1.82, 2.24) is 40.7 Å². The van der Waals surface area contributed by atoms with Crippen LogP contribution in [0.1, 0.15) is 114 Å². The van der Waals surface area contributed by atoms with Gasteiger partial charge < -0.3 is 41.3 Å². The van der Waals surface area contributed by atoms with Gasteiger partial charge in [-0.1, -0.05) is 51.1 Å². The number of hydrogen-bond acceptors (Lipinski definition) is 15. The highest BCUT2D eigenvalue weighted by molar-refractivity contribution is 7.23. The van der Waals surface area contributed by atoms with E-state index in [4.69, 9.17) is 15.5 Å². The normalized spacial score (nSPS) is 22.1. The summed E-state index contributed by atoms with van der Waals surface area (Å²) in [4.78, 5) is 61.9. The van der Waals surface area contributed by atoms with Gasteiger partial charge in [0.25, 0.3) is 0 Å². The molecule has 4 aliphatic heterocycles. The molecule has 4 aliphatic rings. The number of nitrogen functional groups attached to an aromatic ring is 1. The van der Waals surface area contributed by atoms with Gasteiger partial charge in [-0.25, -0.2) is 13.8 Å². The van der Waals surface area contributed by atoms with Crippen molar-refractivity contribution in [3.05, 3.63) is 82.0 Å². The van der Waals surface area contributed by atoms with Crippen LogP contribution in [0.2, 0.25) is 0 Å². The van der Waals surface area contributed by atoms with Crippen LogP contribution in [0.25, 0.3) is 42.6 Å². The fraction of sp³-hybridized carbons (Fsp3) is 0.500. The third kappa shape index (κ3) is 11.6. The van der Waals surface area contributed by atoms with E-state index in [-0.39, 0.29) is 87.4 Å². The number of carbonyl (C=O) groups excluding carboxylic acids is 3. The number of aliphatic hydroxyl groups excluding tert-OH is 1. The molecule has 7 atom stereocenters. The summed E-state index contributed by atoms with van der Waals surface area (Å²) in [6.07, 6.45) is -1.58. The number of thiazole rings is 1. The molecule has 2 unspecified atom stereocenters. The number of aromatic nitrogens is 3. The smallest absolute Gasteiger partial charge is 0.417 e. The molecule has 0 saturated carbocycles. The van der Waals surface area contributed by atoms with Gasteiger partial charge in [0.1, 0.15) is 46.9 Å². The van der Waals surface area contributed by atoms with Crippen molar-refractivity contribution in [3.8, 4) is 33.6 Å². The molecular weight excluding hydrogens is 1090 g/mol. The average molecular weight is 1160 g/mol. The van der Waals surface area contributed by atoms with Gasteiger partial charge in [0.05, 0.1) is 49.6 Å². The van der Waals surface area contributed by atoms with E-state index >= 15 is 22.0 Å². The lowest BCUT2D eigenvalue weighted by Gasteiger charge is -2.36. The third-order valence-corrected chi connectivity index (χ3v) is 18.5. The molecule has 0 spiro atoms. The molecule has 6 aromatic rings. The van der Waals surface area contributed by atoms with Gasteiger partial charge in [-0.05, 0) is 107 Å². The number of carbonyl (C=O) groups is 3. The minimum Gasteiger partial charge on any atom is -0.461 e. The fourth-order valence-electron chi connectivity index (χ4n) is 12.1. The molecule has 4 saturated heterocycles. The first-order valence-electron chi connectivity index (χ1n) is 27.4. The number of likely N-dealkylation sites (tertiary alicyclic amines) is 2. The third-order valence-electron chi connectivity index (χ3n) is 16.5. The van der Waals surface area contributed by atoms with E-state index in [0.717, 1.165) is 59.2 Å². The SMILES string of the molecule is Cc1ncsc1-c1ccc([C@H](C)NC(=O)[C@@H]2C[C@@H](O)CN2C(=O)[C@@H](NC(=O)CCCCN2CCC[C@@]2(C)COc2nc(N3CC4CCC(C3)N4)c3cc(C(F)(F)F)c(-c4ccc(F)c5sc(N)c(C#N)c45)c(F)c3n2)C(C)(C)C)cc1. The number of ether oxygens (including phenoxy) is 1. The summed E-state index contributed by atoms with van der Waals surface area (Å²) in [6.45, 7) is 13.4. The minimum absolute atomic E-state index is 0.0344. The monoisotopic (exact) mass is 1160 g/mol. The molecule has 4 fully saturated rings. The molecule has 16 nitrogen and oxygen atoms in total. The van der Waals surface area contributed by atoms with Gasteiger partial charge in [-0.2, -0.15) is 28.4 Å². The van der Waals surface area contributed by atoms with Crippen LogP contribution in [-0.2, 0) is 20.6 Å². The summed E-state index contributed by atoms with van der Waals surface area (Å²) in [6, 6.07) is 10.0. The summed E-state index contributed by atoms with van der Waals surface area (Å²) in [5, 5.41) is 29.8. The second-order valence-corrected chi connectivity index (χ2v) is 25.3. The molecule has 7 heterocycles. The lowest BCUT2D eigenvalue weighted by Crippen LogP contribution is -2.57. The van der Waals surface area contributed by atoms with Crippen molar-refractivity contribution < 1.29 is 46.2 Å². The van der Waals surface area contributed by atoms with Gasteiger partial charge in [-0.3, -0.25) is 19.3 Å². The maximum atomic E-state index is 17.5. The molecule has 6 N–H and O–H groups in total. The highest BCUT2D eigenvalue weighted by Crippen LogP contribution is 2.48. The number of nitrogens with zero attached hydrogens (tertiary/aromatic N) is 7. The van der Waals surface area contributed by atoms with Crippen LogP contribution in [0.15, 0.2) is 48.0 Å². The predicted molar refractivity (Wildman–Crippen MR) is 301 cm³/mol. The van der Waals surface area contributed by atoms with E-state index in [1.165, 1.54) is 4.90 Å². The molecule has 3 aromatic carbocycles. The first-order valence-corrected chi connectivity index (χ1v) is 29.1. The molecule has 2 bridgehead atoms. The van der Waals surface area contributed by atoms with Crippen LogP contribution in [0.3, 0.4) is 0 Å². The Kier molecular flexibility index (Phi) is 16.1. The number of anilines is 2. The van der Waals surface area contributed by atoms with Crippen LogP contribution in [0, 0.1) is 35.3 Å². The number of unbranched alkanes of at least 4 members (excludes halogenated alkanes) is 1. The Labute approximate surface area is 474 Å². The quantitative estimate of drug-likeness (QED) is 0.0452. The number of rotatable bonds is 16. The molecule has 0 radical (unpaired) electrons. The largest absolute Gasteiger partial charge is 0.461 e. The number of alkyl halides is 3. The number of halogens is 5. The summed E-state index contributed by atoms with van der Waals surface area (Å²) < 4.78 is 84.7. The Morgan fingerprint density at radius 2 is 1.77 bits per heavy atom. The second-order valence-electron chi connectivity index (χ2n) is 23.3. The summed E-state index contributed by atoms with van der Waals surface area (Å²) >= 11 is 2.25. The Bertz CT molecular complexity index is 3420. The van der Waals surface area contributed by atoms with Gasteiger partial charge >= 0.3 is 12.2 Å². The lowest BCUT2D eigenvalue weighted by atomic mass is 9.85. The number of nitriles is 1. The number of thiophene rings is 1. The first-order chi connectivity index (χ1) is 38.4. The Morgan fingerprint density at radius 3 is 2.43 bits per heavy atom. The van der Waals surface area contributed by atoms with Gasteiger partial charge in [0.15, 0.2) is 5.82 Å². The van der Waals surface area contributed by atoms with E-state index in [2.05, 4.69) is 30.8 Å². The number of aryl methyl sites for hydroxylation is 1. The molecule has 430 valence electrons. The number of hydrogen-bond donors (Lipinski definition) is 5. The summed E-state index contributed by atoms with van der Waals surface area (Å²) in [7, 11) is 0. The number of benzene rings is 3. The van der Waals surface area contributed by atoms with Crippen molar-refractivity contribution in [3.63, 3.8) is 0 Å². The molecule has 3 amide bonds. The topological polar surface area (TPSA) is 215 Å². The number of amides is 3. The van der Waals surface area contributed by atoms with E-state index < -0.39 is 81.5 Å². The van der Waals surface area contributed by atoms with Crippen LogP contribution in [0.5, 0.6) is 6.01 Å². The zero-order valence-electron chi connectivity index (χ0n) is 46.0. The number of piperazine rings is 1. The van der Waals surface area contributed by atoms with Crippen LogP contribution in [0.4, 0.5) is 32.8 Å². The van der Waals surface area contributed by atoms with Crippen molar-refractivity contribution in [1.29, 1.82) is 5.26 Å². The second kappa shape index (κ2) is 22.6. The maximum absolute atomic E-state index is 17.5. The number of nitrogens with one attached hydrogen (secondary N) is 3. The van der Waals surface area contributed by atoms with E-state index in [9.17, 15) is 24.8 Å². The summed E-state index contributed by atoms with van der Waals surface area (Å²) in [5.41, 5.74) is 6.06. The van der Waals surface area contributed by atoms with Crippen LogP contribution in [-0.4, -0.2) is 123 Å². The average Bonchev–Trinajstić information content (AvgIpc) is 3.67. The highest BCUT2D eigenvalue weighted by Gasteiger charge is 2.46. The number of β-amino-alcohol motifs (C(OH)–C–C–N with tert-alkyl or cyclic N) is 1. The van der Waals surface area contributed by atoms with Gasteiger partial charge in [-0.15, -0.1) is 22.7 Å². The van der Waals surface area contributed by atoms with Crippen molar-refractivity contribution in [2.75, 3.05) is 50.0 Å². The van der Waals surface area contributed by atoms with E-state index in [1.807, 2.05) is 76.8 Å². The minimum atomic E-state index is -5.10. The Hall–Kier alpha value is -6.58. The maximum Gasteiger partial charge on any atom is 0.417 e. The zero-order valence-corrected chi connectivity index (χ0v) is 47.6. The molecule has 3 aromatic heterocycles. The number of nitrogens with two attached hydrogens (primary N) is 1. The van der Waals surface area contributed by atoms with Crippen LogP contribution >= 0.6 is 22.7 Å². The summed E-state index contributed by atoms with van der Waals surface area (Å²) in [5.74, 6) is -3.27. The molecule has 10 rings (SSSR count). The number of aliphatic hydroxyl groups is 1. The predicted octanol–water partition coefficient (Wildman–Crippen LogP) is 9.41. The lowest BCUT2D eigenvalue weighted by molar-refractivity contribution is -0.144. The van der Waals surface area contributed by atoms with Gasteiger partial charge in [0.2, 0.25) is 17.7 Å². The van der Waals surface area contributed by atoms with Gasteiger partial charge in [0, 0.05) is 60.9 Å². The Morgan fingerprint density at radius 1 is 1.04 bits per heavy atom. The molecular formula is C58H66F5N11O5S2. The van der Waals surface area contributed by atoms with Crippen molar-refractivity contribution >= 4 is 72.2 Å². The molecule has 81 heavy (non-hydrogen) atoms. The van der Waals surface area contributed by atoms with E-state index in [0.29, 0.717) is 56.8 Å². The van der Waals surface area contributed by atoms with Crippen molar-refractivity contribution in [2.24, 2.45) is 5.41 Å². The van der Waals surface area contributed by atoms with E-state index in [1.54, 1.807) is 16.8 Å². The fourth-order valence-corrected chi connectivity index (χ4v) is 13.9. The highest BCUT2D eigenvalue weighted by atomic mass is 32.1.